The van der Waals surface area contributed by atoms with Gasteiger partial charge in [0.05, 0.1) is 0 Å². The van der Waals surface area contributed by atoms with Gasteiger partial charge in [0.15, 0.2) is 5.83 Å². The predicted molar refractivity (Wildman–Crippen MR) is 45.5 cm³/mol. The Bertz CT molecular complexity index is 442. The van der Waals surface area contributed by atoms with Crippen molar-refractivity contribution < 1.29 is 37.0 Å². The number of carboxylic acid groups (broad SMARTS) is 1. The third kappa shape index (κ3) is 2.29. The molecule has 0 spiro atoms. The lowest BCUT2D eigenvalue weighted by atomic mass is 9.99. The van der Waals surface area contributed by atoms with Crippen LogP contribution in [0.5, 0.6) is 0 Å². The van der Waals surface area contributed by atoms with Crippen molar-refractivity contribution in [1.29, 1.82) is 0 Å². The summed E-state index contributed by atoms with van der Waals surface area (Å²) in [7, 11) is 0. The summed E-state index contributed by atoms with van der Waals surface area (Å²) in [5, 5.41) is 8.37. The molecule has 0 heterocycles. The molecule has 2 unspecified atom stereocenters. The molecule has 0 bridgehead atoms. The van der Waals surface area contributed by atoms with Crippen LogP contribution in [0.25, 0.3) is 0 Å². The minimum absolute atomic E-state index is 0.231. The van der Waals surface area contributed by atoms with E-state index in [4.69, 9.17) is 5.11 Å². The van der Waals surface area contributed by atoms with Crippen LogP contribution >= 0.6 is 0 Å². The molecule has 0 aromatic heterocycles. The second kappa shape index (κ2) is 4.19. The Balaban J connectivity index is 3.24. The van der Waals surface area contributed by atoms with E-state index in [-0.39, 0.29) is 6.08 Å². The van der Waals surface area contributed by atoms with Crippen LogP contribution in [0.15, 0.2) is 23.3 Å². The Kier molecular flexibility index (Phi) is 3.25. The second-order valence-electron chi connectivity index (χ2n) is 3.17. The highest BCUT2D eigenvalue weighted by Crippen LogP contribution is 2.39. The zero-order valence-electron chi connectivity index (χ0n) is 8.34. The lowest BCUT2D eigenvalue weighted by Gasteiger charge is -2.27. The molecule has 1 aliphatic rings. The van der Waals surface area contributed by atoms with Crippen LogP contribution in [0.2, 0.25) is 0 Å². The van der Waals surface area contributed by atoms with Crippen molar-refractivity contribution in [3.63, 3.8) is 0 Å². The van der Waals surface area contributed by atoms with E-state index in [0.717, 1.165) is 0 Å². The van der Waals surface area contributed by atoms with Crippen LogP contribution in [0.4, 0.5) is 17.6 Å². The maximum absolute atomic E-state index is 13.6. The number of carbonyl (C=O) groups excluding carboxylic acids is 1. The quantitative estimate of drug-likeness (QED) is 0.602. The smallest absolute Gasteiger partial charge is 0.341 e. The number of halogens is 4. The van der Waals surface area contributed by atoms with Crippen molar-refractivity contribution in [2.45, 2.75) is 19.0 Å². The van der Waals surface area contributed by atoms with Crippen LogP contribution in [0.1, 0.15) is 6.92 Å². The number of aliphatic carboxylic acids is 1. The summed E-state index contributed by atoms with van der Waals surface area (Å²) in [6.45, 7) is 0.703. The molecule has 17 heavy (non-hydrogen) atoms. The third-order valence-corrected chi connectivity index (χ3v) is 1.88. The minimum atomic E-state index is -3.68. The molecule has 1 N–H and O–H groups in total. The molecule has 0 radical (unpaired) electrons. The number of ether oxygens (including phenoxy) is 1. The molecule has 0 aromatic carbocycles. The molecule has 94 valence electrons. The number of esters is 1. The average molecular weight is 254 g/mol. The molecular formula is C9H6F4O4. The lowest BCUT2D eigenvalue weighted by Crippen LogP contribution is -2.41. The molecule has 2 atom stereocenters. The van der Waals surface area contributed by atoms with E-state index < -0.39 is 41.2 Å². The monoisotopic (exact) mass is 254 g/mol. The molecule has 0 saturated heterocycles. The molecule has 0 fully saturated rings. The van der Waals surface area contributed by atoms with Gasteiger partial charge in [-0.15, -0.1) is 0 Å². The highest BCUT2D eigenvalue weighted by atomic mass is 19.2. The summed E-state index contributed by atoms with van der Waals surface area (Å²) in [6, 6.07) is 0. The van der Waals surface area contributed by atoms with Crippen LogP contribution in [0, 0.1) is 0 Å². The molecule has 4 nitrogen and oxygen atoms in total. The van der Waals surface area contributed by atoms with Gasteiger partial charge in [0.2, 0.25) is 6.17 Å². The van der Waals surface area contributed by atoms with Crippen molar-refractivity contribution >= 4 is 11.9 Å². The standard InChI is InChI=1S/C9H6F4O4/c1-3(14)17-9(13)2-4(10)5(8(15)16)6(11)7(9)12/h2,7H,1H3,(H,15,16). The Hall–Kier alpha value is -1.86. The predicted octanol–water partition coefficient (Wildman–Crippen LogP) is 1.73. The Morgan fingerprint density at radius 3 is 2.41 bits per heavy atom. The molecular weight excluding hydrogens is 248 g/mol. The summed E-state index contributed by atoms with van der Waals surface area (Å²) < 4.78 is 56.7. The summed E-state index contributed by atoms with van der Waals surface area (Å²) in [6.07, 6.45) is -3.46. The third-order valence-electron chi connectivity index (χ3n) is 1.88. The average Bonchev–Trinajstić information content (AvgIpc) is 2.12. The number of carboxylic acids is 1. The summed E-state index contributed by atoms with van der Waals surface area (Å²) >= 11 is 0. The highest BCUT2D eigenvalue weighted by molar-refractivity contribution is 5.92. The van der Waals surface area contributed by atoms with Gasteiger partial charge in [-0.1, -0.05) is 0 Å². The normalized spacial score (nSPS) is 28.8. The Labute approximate surface area is 92.2 Å². The molecule has 1 rings (SSSR count). The van der Waals surface area contributed by atoms with Crippen molar-refractivity contribution in [2.24, 2.45) is 0 Å². The fraction of sp³-hybridized carbons (Fsp3) is 0.333. The maximum atomic E-state index is 13.6. The first-order valence-corrected chi connectivity index (χ1v) is 4.23. The number of hydrogen-bond acceptors (Lipinski definition) is 3. The molecule has 0 saturated carbocycles. The van der Waals surface area contributed by atoms with Gasteiger partial charge >= 0.3 is 17.8 Å². The first kappa shape index (κ1) is 13.2. The van der Waals surface area contributed by atoms with Crippen LogP contribution < -0.4 is 0 Å². The van der Waals surface area contributed by atoms with Gasteiger partial charge < -0.3 is 9.84 Å². The zero-order valence-corrected chi connectivity index (χ0v) is 8.34. The van der Waals surface area contributed by atoms with E-state index in [9.17, 15) is 27.2 Å². The molecule has 0 aliphatic heterocycles. The number of hydrogen-bond donors (Lipinski definition) is 1. The first-order valence-electron chi connectivity index (χ1n) is 4.23. The largest absolute Gasteiger partial charge is 0.477 e. The molecule has 0 amide bonds. The fourth-order valence-corrected chi connectivity index (χ4v) is 1.24. The molecule has 1 aliphatic carbocycles. The first-order chi connectivity index (χ1) is 7.69. The summed E-state index contributed by atoms with van der Waals surface area (Å²) in [5.41, 5.74) is -1.63. The highest BCUT2D eigenvalue weighted by Gasteiger charge is 2.50. The minimum Gasteiger partial charge on any atom is -0.477 e. The maximum Gasteiger partial charge on any atom is 0.341 e. The van der Waals surface area contributed by atoms with Gasteiger partial charge in [0.25, 0.3) is 0 Å². The number of carbonyl (C=O) groups is 2. The number of rotatable bonds is 2. The Morgan fingerprint density at radius 1 is 1.47 bits per heavy atom. The van der Waals surface area contributed by atoms with E-state index in [1.807, 2.05) is 0 Å². The van der Waals surface area contributed by atoms with Crippen molar-refractivity contribution in [3.05, 3.63) is 23.3 Å². The van der Waals surface area contributed by atoms with Crippen molar-refractivity contribution in [2.75, 3.05) is 0 Å². The molecule has 8 heteroatoms. The topological polar surface area (TPSA) is 63.6 Å². The van der Waals surface area contributed by atoms with E-state index in [2.05, 4.69) is 4.74 Å². The lowest BCUT2D eigenvalue weighted by molar-refractivity contribution is -0.180. The van der Waals surface area contributed by atoms with Crippen molar-refractivity contribution in [1.82, 2.24) is 0 Å². The van der Waals surface area contributed by atoms with Gasteiger partial charge in [-0.2, -0.15) is 4.39 Å². The van der Waals surface area contributed by atoms with E-state index in [1.54, 1.807) is 0 Å². The number of alkyl halides is 2. The van der Waals surface area contributed by atoms with Gasteiger partial charge in [-0.3, -0.25) is 4.79 Å². The van der Waals surface area contributed by atoms with Gasteiger partial charge in [-0.25, -0.2) is 18.0 Å². The van der Waals surface area contributed by atoms with E-state index in [1.165, 1.54) is 0 Å². The fourth-order valence-electron chi connectivity index (χ4n) is 1.24. The van der Waals surface area contributed by atoms with E-state index >= 15 is 0 Å². The Morgan fingerprint density at radius 2 is 2.00 bits per heavy atom. The SMILES string of the molecule is CC(=O)OC1(F)C=C(F)C(C(=O)O)=C(F)C1F. The van der Waals surface area contributed by atoms with Crippen LogP contribution in [-0.2, 0) is 14.3 Å². The van der Waals surface area contributed by atoms with Crippen molar-refractivity contribution in [3.8, 4) is 0 Å². The second-order valence-corrected chi connectivity index (χ2v) is 3.17. The summed E-state index contributed by atoms with van der Waals surface area (Å²) in [4.78, 5) is 20.8. The van der Waals surface area contributed by atoms with Gasteiger partial charge in [0, 0.05) is 13.0 Å². The van der Waals surface area contributed by atoms with Gasteiger partial charge in [-0.05, 0) is 0 Å². The van der Waals surface area contributed by atoms with E-state index in [0.29, 0.717) is 6.92 Å². The van der Waals surface area contributed by atoms with Crippen LogP contribution in [-0.4, -0.2) is 29.1 Å². The summed E-state index contributed by atoms with van der Waals surface area (Å²) in [5.74, 6) is -11.1. The van der Waals surface area contributed by atoms with Crippen LogP contribution in [0.3, 0.4) is 0 Å². The van der Waals surface area contributed by atoms with Gasteiger partial charge in [0.1, 0.15) is 11.4 Å². The molecule has 0 aromatic rings. The zero-order chi connectivity index (χ0) is 13.4.